The fourth-order valence-electron chi connectivity index (χ4n) is 1.19. The first-order valence-electron chi connectivity index (χ1n) is 5.04. The van der Waals surface area contributed by atoms with Crippen molar-refractivity contribution in [3.63, 3.8) is 0 Å². The zero-order valence-corrected chi connectivity index (χ0v) is 11.7. The fourth-order valence-corrected chi connectivity index (χ4v) is 2.83. The largest absolute Gasteiger partial charge is 0.328 e. The predicted octanol–water partition coefficient (Wildman–Crippen LogP) is 1.60. The van der Waals surface area contributed by atoms with Gasteiger partial charge in [-0.25, -0.2) is 17.5 Å². The van der Waals surface area contributed by atoms with E-state index in [2.05, 4.69) is 20.7 Å². The van der Waals surface area contributed by atoms with E-state index >= 15 is 0 Å². The summed E-state index contributed by atoms with van der Waals surface area (Å²) in [5.41, 5.74) is 5.50. The van der Waals surface area contributed by atoms with Crippen LogP contribution in [0.4, 0.5) is 4.39 Å². The summed E-state index contributed by atoms with van der Waals surface area (Å²) in [6.07, 6.45) is 0.495. The lowest BCUT2D eigenvalue weighted by Gasteiger charge is -2.09. The molecule has 1 aromatic carbocycles. The molecule has 0 fully saturated rings. The van der Waals surface area contributed by atoms with Crippen molar-refractivity contribution in [2.45, 2.75) is 24.3 Å². The summed E-state index contributed by atoms with van der Waals surface area (Å²) >= 11 is 2.94. The van der Waals surface area contributed by atoms with Gasteiger partial charge in [-0.15, -0.1) is 0 Å². The molecule has 1 atom stereocenters. The molecule has 0 saturated heterocycles. The van der Waals surface area contributed by atoms with Gasteiger partial charge in [-0.2, -0.15) is 0 Å². The lowest BCUT2D eigenvalue weighted by molar-refractivity contribution is 0.549. The Morgan fingerprint density at radius 2 is 2.18 bits per heavy atom. The maximum Gasteiger partial charge on any atom is 0.243 e. The van der Waals surface area contributed by atoms with Crippen molar-refractivity contribution in [2.24, 2.45) is 5.73 Å². The molecule has 1 unspecified atom stereocenters. The van der Waals surface area contributed by atoms with Gasteiger partial charge < -0.3 is 5.73 Å². The summed E-state index contributed by atoms with van der Waals surface area (Å²) in [6.45, 7) is 1.96. The van der Waals surface area contributed by atoms with Gasteiger partial charge in [0.25, 0.3) is 0 Å². The molecule has 0 bridgehead atoms. The van der Waals surface area contributed by atoms with E-state index in [1.807, 2.05) is 0 Å². The Morgan fingerprint density at radius 3 is 2.76 bits per heavy atom. The van der Waals surface area contributed by atoms with E-state index in [4.69, 9.17) is 5.73 Å². The highest BCUT2D eigenvalue weighted by atomic mass is 79.9. The van der Waals surface area contributed by atoms with Crippen LogP contribution in [0.1, 0.15) is 13.3 Å². The van der Waals surface area contributed by atoms with E-state index in [0.29, 0.717) is 6.42 Å². The molecule has 0 aliphatic carbocycles. The number of rotatable bonds is 5. The molecule has 1 rings (SSSR count). The van der Waals surface area contributed by atoms with Crippen LogP contribution in [-0.2, 0) is 10.0 Å². The van der Waals surface area contributed by atoms with Crippen molar-refractivity contribution in [3.8, 4) is 0 Å². The van der Waals surface area contributed by atoms with E-state index in [9.17, 15) is 12.8 Å². The molecule has 7 heteroatoms. The van der Waals surface area contributed by atoms with Crippen LogP contribution in [0.2, 0.25) is 0 Å². The van der Waals surface area contributed by atoms with Crippen LogP contribution in [0.15, 0.2) is 27.6 Å². The highest BCUT2D eigenvalue weighted by molar-refractivity contribution is 9.10. The molecule has 4 nitrogen and oxygen atoms in total. The summed E-state index contributed by atoms with van der Waals surface area (Å²) in [5, 5.41) is 0. The van der Waals surface area contributed by atoms with Crippen molar-refractivity contribution in [1.29, 1.82) is 0 Å². The van der Waals surface area contributed by atoms with Crippen molar-refractivity contribution in [3.05, 3.63) is 28.5 Å². The van der Waals surface area contributed by atoms with Gasteiger partial charge in [0, 0.05) is 12.6 Å². The molecule has 0 amide bonds. The molecular formula is C10H14BrFN2O2S. The molecule has 0 radical (unpaired) electrons. The Hall–Kier alpha value is -0.500. The molecular weight excluding hydrogens is 311 g/mol. The average molecular weight is 325 g/mol. The minimum atomic E-state index is -3.82. The Bertz CT molecular complexity index is 491. The number of hydrogen-bond donors (Lipinski definition) is 2. The van der Waals surface area contributed by atoms with Crippen LogP contribution in [0, 0.1) is 5.82 Å². The number of sulfonamides is 1. The Labute approximate surface area is 109 Å². The molecule has 0 heterocycles. The number of halogens is 2. The lowest BCUT2D eigenvalue weighted by atomic mass is 10.3. The van der Waals surface area contributed by atoms with Crippen LogP contribution >= 0.6 is 15.9 Å². The normalized spacial score (nSPS) is 13.6. The maximum atomic E-state index is 13.6. The van der Waals surface area contributed by atoms with Crippen LogP contribution in [0.5, 0.6) is 0 Å². The molecule has 0 spiro atoms. The second-order valence-electron chi connectivity index (χ2n) is 3.72. The quantitative estimate of drug-likeness (QED) is 0.864. The van der Waals surface area contributed by atoms with E-state index in [0.717, 1.165) is 0 Å². The number of hydrogen-bond acceptors (Lipinski definition) is 3. The smallest absolute Gasteiger partial charge is 0.243 e. The molecule has 17 heavy (non-hydrogen) atoms. The third-order valence-electron chi connectivity index (χ3n) is 2.10. The Morgan fingerprint density at radius 1 is 1.53 bits per heavy atom. The van der Waals surface area contributed by atoms with E-state index < -0.39 is 15.8 Å². The van der Waals surface area contributed by atoms with Crippen LogP contribution in [0.25, 0.3) is 0 Å². The average Bonchev–Trinajstić information content (AvgIpc) is 2.21. The molecule has 0 aliphatic heterocycles. The number of benzene rings is 1. The van der Waals surface area contributed by atoms with Gasteiger partial charge in [0.1, 0.15) is 4.90 Å². The first kappa shape index (κ1) is 14.6. The molecule has 1 aromatic rings. The fraction of sp³-hybridized carbons (Fsp3) is 0.400. The first-order chi connectivity index (χ1) is 7.84. The third kappa shape index (κ3) is 4.02. The van der Waals surface area contributed by atoms with Crippen molar-refractivity contribution >= 4 is 26.0 Å². The first-order valence-corrected chi connectivity index (χ1v) is 7.31. The highest BCUT2D eigenvalue weighted by Gasteiger charge is 2.19. The number of nitrogens with one attached hydrogen (secondary N) is 1. The molecule has 0 aromatic heterocycles. The van der Waals surface area contributed by atoms with Gasteiger partial charge in [-0.1, -0.05) is 6.07 Å². The highest BCUT2D eigenvalue weighted by Crippen LogP contribution is 2.22. The number of nitrogens with two attached hydrogens (primary N) is 1. The molecule has 3 N–H and O–H groups in total. The van der Waals surface area contributed by atoms with Crippen LogP contribution in [-0.4, -0.2) is 21.0 Å². The zero-order chi connectivity index (χ0) is 13.1. The summed E-state index contributed by atoms with van der Waals surface area (Å²) in [5.74, 6) is -0.791. The van der Waals surface area contributed by atoms with Crippen molar-refractivity contribution < 1.29 is 12.8 Å². The molecule has 0 saturated carbocycles. The van der Waals surface area contributed by atoms with E-state index in [1.165, 1.54) is 18.2 Å². The standard InChI is InChI=1S/C10H14BrFN2O2S/c1-7(13)5-6-14-17(15,16)9-4-2-3-8(11)10(9)12/h2-4,7,14H,5-6,13H2,1H3. The minimum Gasteiger partial charge on any atom is -0.328 e. The second-order valence-corrected chi connectivity index (χ2v) is 6.31. The molecule has 96 valence electrons. The predicted molar refractivity (Wildman–Crippen MR) is 67.6 cm³/mol. The summed E-state index contributed by atoms with van der Waals surface area (Å²) in [4.78, 5) is -0.364. The molecule has 0 aliphatic rings. The lowest BCUT2D eigenvalue weighted by Crippen LogP contribution is -2.29. The zero-order valence-electron chi connectivity index (χ0n) is 9.28. The van der Waals surface area contributed by atoms with Crippen molar-refractivity contribution in [2.75, 3.05) is 6.54 Å². The van der Waals surface area contributed by atoms with Crippen molar-refractivity contribution in [1.82, 2.24) is 4.72 Å². The van der Waals surface area contributed by atoms with E-state index in [1.54, 1.807) is 6.92 Å². The third-order valence-corrected chi connectivity index (χ3v) is 4.19. The summed E-state index contributed by atoms with van der Waals surface area (Å²) in [6, 6.07) is 4.02. The second kappa shape index (κ2) is 5.90. The summed E-state index contributed by atoms with van der Waals surface area (Å²) in [7, 11) is -3.82. The van der Waals surface area contributed by atoms with Gasteiger partial charge in [0.2, 0.25) is 10.0 Å². The summed E-state index contributed by atoms with van der Waals surface area (Å²) < 4.78 is 39.6. The monoisotopic (exact) mass is 324 g/mol. The Balaban J connectivity index is 2.87. The topological polar surface area (TPSA) is 72.2 Å². The maximum absolute atomic E-state index is 13.6. The minimum absolute atomic E-state index is 0.106. The van der Waals surface area contributed by atoms with Gasteiger partial charge in [0.05, 0.1) is 4.47 Å². The van der Waals surface area contributed by atoms with E-state index in [-0.39, 0.29) is 22.0 Å². The van der Waals surface area contributed by atoms with Gasteiger partial charge in [-0.3, -0.25) is 0 Å². The van der Waals surface area contributed by atoms with Gasteiger partial charge in [0.15, 0.2) is 5.82 Å². The van der Waals surface area contributed by atoms with Gasteiger partial charge >= 0.3 is 0 Å². The van der Waals surface area contributed by atoms with Gasteiger partial charge in [-0.05, 0) is 41.4 Å². The van der Waals surface area contributed by atoms with Crippen LogP contribution < -0.4 is 10.5 Å². The van der Waals surface area contributed by atoms with Crippen LogP contribution in [0.3, 0.4) is 0 Å². The SMILES string of the molecule is CC(N)CCNS(=O)(=O)c1cccc(Br)c1F. The Kier molecular flexibility index (Phi) is 5.05.